The van der Waals surface area contributed by atoms with Crippen molar-refractivity contribution in [3.63, 3.8) is 0 Å². The van der Waals surface area contributed by atoms with Gasteiger partial charge in [-0.15, -0.1) is 0 Å². The lowest BCUT2D eigenvalue weighted by Gasteiger charge is -2.26. The summed E-state index contributed by atoms with van der Waals surface area (Å²) >= 11 is 0. The number of benzene rings is 2. The SMILES string of the molecule is C[C@@]1(Cc2ccc3c(c2)OCO3)NC(=O)N(CC(=O)NC[C@H]2COc3ccccc3O2)C1=O. The highest BCUT2D eigenvalue weighted by atomic mass is 16.7. The topological polar surface area (TPSA) is 115 Å². The first-order valence-corrected chi connectivity index (χ1v) is 10.6. The lowest BCUT2D eigenvalue weighted by molar-refractivity contribution is -0.134. The molecule has 0 aliphatic carbocycles. The molecule has 2 aromatic carbocycles. The van der Waals surface area contributed by atoms with Crippen molar-refractivity contribution in [2.24, 2.45) is 0 Å². The van der Waals surface area contributed by atoms with Crippen molar-refractivity contribution in [1.29, 1.82) is 0 Å². The molecule has 0 radical (unpaired) electrons. The van der Waals surface area contributed by atoms with Crippen molar-refractivity contribution in [2.45, 2.75) is 25.0 Å². The molecule has 5 rings (SSSR count). The molecule has 2 aromatic rings. The minimum absolute atomic E-state index is 0.152. The smallest absolute Gasteiger partial charge is 0.325 e. The van der Waals surface area contributed by atoms with E-state index in [4.69, 9.17) is 18.9 Å². The van der Waals surface area contributed by atoms with Gasteiger partial charge in [0.1, 0.15) is 24.8 Å². The molecular formula is C23H23N3O7. The largest absolute Gasteiger partial charge is 0.486 e. The number of hydrogen-bond acceptors (Lipinski definition) is 7. The third-order valence-corrected chi connectivity index (χ3v) is 5.74. The van der Waals surface area contributed by atoms with Crippen LogP contribution in [-0.2, 0) is 16.0 Å². The molecule has 4 amide bonds. The van der Waals surface area contributed by atoms with Crippen LogP contribution >= 0.6 is 0 Å². The molecule has 10 heteroatoms. The number of ether oxygens (including phenoxy) is 4. The van der Waals surface area contributed by atoms with Gasteiger partial charge in [-0.3, -0.25) is 14.5 Å². The second-order valence-electron chi connectivity index (χ2n) is 8.32. The third-order valence-electron chi connectivity index (χ3n) is 5.74. The molecule has 0 saturated carbocycles. The van der Waals surface area contributed by atoms with E-state index in [-0.39, 0.29) is 39.0 Å². The first-order valence-electron chi connectivity index (χ1n) is 10.6. The average Bonchev–Trinajstić information content (AvgIpc) is 3.35. The number of hydrogen-bond donors (Lipinski definition) is 2. The summed E-state index contributed by atoms with van der Waals surface area (Å²) in [7, 11) is 0. The van der Waals surface area contributed by atoms with Gasteiger partial charge in [-0.1, -0.05) is 18.2 Å². The Hall–Kier alpha value is -3.95. The minimum atomic E-state index is -1.17. The number of rotatable bonds is 6. The van der Waals surface area contributed by atoms with Gasteiger partial charge >= 0.3 is 6.03 Å². The molecule has 0 spiro atoms. The van der Waals surface area contributed by atoms with Gasteiger partial charge in [-0.2, -0.15) is 0 Å². The Balaban J connectivity index is 1.16. The van der Waals surface area contributed by atoms with E-state index >= 15 is 0 Å². The summed E-state index contributed by atoms with van der Waals surface area (Å²) in [6.45, 7) is 1.88. The molecule has 33 heavy (non-hydrogen) atoms. The Morgan fingerprint density at radius 2 is 1.85 bits per heavy atom. The second-order valence-corrected chi connectivity index (χ2v) is 8.32. The Kier molecular flexibility index (Phi) is 5.20. The second kappa shape index (κ2) is 8.19. The molecule has 0 aromatic heterocycles. The summed E-state index contributed by atoms with van der Waals surface area (Å²) in [5.74, 6) is 1.57. The molecule has 2 N–H and O–H groups in total. The van der Waals surface area contributed by atoms with E-state index in [9.17, 15) is 14.4 Å². The van der Waals surface area contributed by atoms with E-state index < -0.39 is 23.4 Å². The van der Waals surface area contributed by atoms with E-state index in [0.717, 1.165) is 10.5 Å². The first kappa shape index (κ1) is 20.9. The maximum atomic E-state index is 13.0. The molecule has 10 nitrogen and oxygen atoms in total. The number of carbonyl (C=O) groups excluding carboxylic acids is 3. The van der Waals surface area contributed by atoms with Crippen molar-refractivity contribution >= 4 is 17.8 Å². The van der Waals surface area contributed by atoms with Gasteiger partial charge in [0.2, 0.25) is 12.7 Å². The Bertz CT molecular complexity index is 1120. The number of imide groups is 1. The fraction of sp³-hybridized carbons (Fsp3) is 0.348. The number of carbonyl (C=O) groups is 3. The van der Waals surface area contributed by atoms with Crippen molar-refractivity contribution in [2.75, 3.05) is 26.5 Å². The number of nitrogens with zero attached hydrogens (tertiary/aromatic N) is 1. The number of urea groups is 1. The lowest BCUT2D eigenvalue weighted by atomic mass is 9.92. The molecule has 1 saturated heterocycles. The van der Waals surface area contributed by atoms with Crippen molar-refractivity contribution < 1.29 is 33.3 Å². The molecule has 172 valence electrons. The molecule has 3 aliphatic rings. The summed E-state index contributed by atoms with van der Waals surface area (Å²) in [4.78, 5) is 38.9. The van der Waals surface area contributed by atoms with Crippen LogP contribution in [0.25, 0.3) is 0 Å². The normalized spacial score (nSPS) is 22.8. The maximum Gasteiger partial charge on any atom is 0.325 e. The lowest BCUT2D eigenvalue weighted by Crippen LogP contribution is -2.48. The number of nitrogens with one attached hydrogen (secondary N) is 2. The number of amides is 4. The molecule has 3 heterocycles. The predicted octanol–water partition coefficient (Wildman–Crippen LogP) is 1.22. The Morgan fingerprint density at radius 1 is 1.09 bits per heavy atom. The highest BCUT2D eigenvalue weighted by Gasteiger charge is 2.48. The summed E-state index contributed by atoms with van der Waals surface area (Å²) < 4.78 is 22.1. The maximum absolute atomic E-state index is 13.0. The molecule has 3 aliphatic heterocycles. The third kappa shape index (κ3) is 4.11. The van der Waals surface area contributed by atoms with Crippen LogP contribution in [0.15, 0.2) is 42.5 Å². The van der Waals surface area contributed by atoms with Gasteiger partial charge in [-0.05, 0) is 36.8 Å². The van der Waals surface area contributed by atoms with Crippen LogP contribution < -0.4 is 29.6 Å². The predicted molar refractivity (Wildman–Crippen MR) is 114 cm³/mol. The Labute approximate surface area is 189 Å². The fourth-order valence-corrected chi connectivity index (χ4v) is 4.06. The zero-order chi connectivity index (χ0) is 23.0. The van der Waals surface area contributed by atoms with Crippen LogP contribution in [-0.4, -0.2) is 60.9 Å². The van der Waals surface area contributed by atoms with Crippen molar-refractivity contribution in [3.8, 4) is 23.0 Å². The molecule has 2 atom stereocenters. The standard InChI is InChI=1S/C23H23N3O7/c1-23(9-14-6-7-17-19(8-14)32-13-31-17)21(28)26(22(29)25-23)11-20(27)24-10-15-12-30-16-4-2-3-5-18(16)33-15/h2-8,15H,9-13H2,1H3,(H,24,27)(H,25,29)/t15-,23-/m0/s1. The first-order chi connectivity index (χ1) is 15.9. The van der Waals surface area contributed by atoms with Gasteiger partial charge in [0.25, 0.3) is 5.91 Å². The van der Waals surface area contributed by atoms with Crippen LogP contribution in [0.1, 0.15) is 12.5 Å². The highest BCUT2D eigenvalue weighted by Crippen LogP contribution is 2.34. The average molecular weight is 453 g/mol. The van der Waals surface area contributed by atoms with Crippen LogP contribution in [0, 0.1) is 0 Å². The number of para-hydroxylation sites is 2. The van der Waals surface area contributed by atoms with Gasteiger partial charge in [0, 0.05) is 6.42 Å². The summed E-state index contributed by atoms with van der Waals surface area (Å²) in [5.41, 5.74) is -0.369. The minimum Gasteiger partial charge on any atom is -0.486 e. The van der Waals surface area contributed by atoms with E-state index in [1.165, 1.54) is 0 Å². The van der Waals surface area contributed by atoms with Gasteiger partial charge in [-0.25, -0.2) is 4.79 Å². The molecular weight excluding hydrogens is 430 g/mol. The summed E-state index contributed by atoms with van der Waals surface area (Å²) in [5, 5.41) is 5.42. The van der Waals surface area contributed by atoms with E-state index in [0.29, 0.717) is 23.0 Å². The zero-order valence-electron chi connectivity index (χ0n) is 18.0. The highest BCUT2D eigenvalue weighted by molar-refractivity contribution is 6.08. The van der Waals surface area contributed by atoms with E-state index in [1.54, 1.807) is 25.1 Å². The van der Waals surface area contributed by atoms with Crippen LogP contribution in [0.2, 0.25) is 0 Å². The molecule has 0 bridgehead atoms. The Morgan fingerprint density at radius 3 is 2.70 bits per heavy atom. The quantitative estimate of drug-likeness (QED) is 0.632. The van der Waals surface area contributed by atoms with E-state index in [2.05, 4.69) is 10.6 Å². The summed E-state index contributed by atoms with van der Waals surface area (Å²) in [6.07, 6.45) is -0.123. The van der Waals surface area contributed by atoms with Gasteiger partial charge < -0.3 is 29.6 Å². The summed E-state index contributed by atoms with van der Waals surface area (Å²) in [6, 6.07) is 12.0. The number of fused-ring (bicyclic) bond motifs is 2. The van der Waals surface area contributed by atoms with Crippen LogP contribution in [0.5, 0.6) is 23.0 Å². The zero-order valence-corrected chi connectivity index (χ0v) is 18.0. The monoisotopic (exact) mass is 453 g/mol. The molecule has 0 unspecified atom stereocenters. The van der Waals surface area contributed by atoms with Gasteiger partial charge in [0.05, 0.1) is 6.54 Å². The van der Waals surface area contributed by atoms with Crippen molar-refractivity contribution in [1.82, 2.24) is 15.5 Å². The molecule has 1 fully saturated rings. The van der Waals surface area contributed by atoms with Gasteiger partial charge in [0.15, 0.2) is 23.0 Å². The van der Waals surface area contributed by atoms with E-state index in [1.807, 2.05) is 24.3 Å². The van der Waals surface area contributed by atoms with Crippen molar-refractivity contribution in [3.05, 3.63) is 48.0 Å². The van der Waals surface area contributed by atoms with Crippen LogP contribution in [0.3, 0.4) is 0 Å². The fourth-order valence-electron chi connectivity index (χ4n) is 4.06. The van der Waals surface area contributed by atoms with Crippen LogP contribution in [0.4, 0.5) is 4.79 Å².